The van der Waals surface area contributed by atoms with Crippen molar-refractivity contribution in [3.63, 3.8) is 0 Å². The largest absolute Gasteiger partial charge is 0.356 e. The highest BCUT2D eigenvalue weighted by Crippen LogP contribution is 2.31. The van der Waals surface area contributed by atoms with Crippen LogP contribution in [-0.2, 0) is 0 Å². The van der Waals surface area contributed by atoms with Crippen molar-refractivity contribution in [2.45, 2.75) is 83.2 Å². The summed E-state index contributed by atoms with van der Waals surface area (Å²) in [5.41, 5.74) is 0. The van der Waals surface area contributed by atoms with E-state index in [0.29, 0.717) is 6.04 Å². The van der Waals surface area contributed by atoms with Crippen LogP contribution in [-0.4, -0.2) is 53.1 Å². The Morgan fingerprint density at radius 3 is 2.52 bits per heavy atom. The molecule has 4 rings (SSSR count). The standard InChI is InChI=1S/C22H37N5/c1-18-9-8-11-20(18)27-16-7-4-10-19(17-27)24-22-23-13-12-21(25-22)26-14-5-2-3-6-15-26/h12-13,18-20H,2-11,14-17H2,1H3,(H,23,24,25). The lowest BCUT2D eigenvalue weighted by Crippen LogP contribution is -2.43. The number of hydrogen-bond donors (Lipinski definition) is 1. The van der Waals surface area contributed by atoms with Gasteiger partial charge < -0.3 is 10.2 Å². The first kappa shape index (κ1) is 19.0. The van der Waals surface area contributed by atoms with Crippen molar-refractivity contribution in [2.24, 2.45) is 5.92 Å². The second-order valence-corrected chi connectivity index (χ2v) is 8.95. The summed E-state index contributed by atoms with van der Waals surface area (Å²) in [5, 5.41) is 3.69. The molecule has 3 atom stereocenters. The molecule has 0 aromatic carbocycles. The fourth-order valence-corrected chi connectivity index (χ4v) is 5.34. The minimum atomic E-state index is 0.472. The van der Waals surface area contributed by atoms with Gasteiger partial charge in [-0.05, 0) is 57.1 Å². The molecular weight excluding hydrogens is 334 g/mol. The van der Waals surface area contributed by atoms with Gasteiger partial charge in [0, 0.05) is 37.9 Å². The third-order valence-electron chi connectivity index (χ3n) is 6.89. The third kappa shape index (κ3) is 4.92. The number of hydrogen-bond acceptors (Lipinski definition) is 5. The van der Waals surface area contributed by atoms with Gasteiger partial charge in [0.25, 0.3) is 0 Å². The molecular formula is C22H37N5. The molecule has 1 aliphatic carbocycles. The lowest BCUT2D eigenvalue weighted by molar-refractivity contribution is 0.168. The maximum atomic E-state index is 4.89. The number of nitrogens with one attached hydrogen (secondary N) is 1. The molecule has 3 unspecified atom stereocenters. The summed E-state index contributed by atoms with van der Waals surface area (Å²) in [7, 11) is 0. The number of aromatic nitrogens is 2. The predicted molar refractivity (Wildman–Crippen MR) is 112 cm³/mol. The van der Waals surface area contributed by atoms with Gasteiger partial charge in [0.05, 0.1) is 0 Å². The van der Waals surface area contributed by atoms with Gasteiger partial charge in [-0.2, -0.15) is 4.98 Å². The second kappa shape index (κ2) is 9.22. The molecule has 0 radical (unpaired) electrons. The Kier molecular flexibility index (Phi) is 6.48. The highest BCUT2D eigenvalue weighted by Gasteiger charge is 2.31. The quantitative estimate of drug-likeness (QED) is 0.854. The van der Waals surface area contributed by atoms with E-state index in [1.54, 1.807) is 0 Å². The van der Waals surface area contributed by atoms with Gasteiger partial charge in [-0.3, -0.25) is 4.90 Å². The van der Waals surface area contributed by atoms with Crippen molar-refractivity contribution in [3.8, 4) is 0 Å². The van der Waals surface area contributed by atoms with Crippen LogP contribution in [0, 0.1) is 5.92 Å². The second-order valence-electron chi connectivity index (χ2n) is 8.95. The minimum Gasteiger partial charge on any atom is -0.356 e. The Morgan fingerprint density at radius 2 is 1.74 bits per heavy atom. The van der Waals surface area contributed by atoms with E-state index in [1.807, 2.05) is 6.20 Å². The van der Waals surface area contributed by atoms with Crippen molar-refractivity contribution >= 4 is 11.8 Å². The Morgan fingerprint density at radius 1 is 0.926 bits per heavy atom. The summed E-state index contributed by atoms with van der Waals surface area (Å²) in [4.78, 5) is 14.6. The summed E-state index contributed by atoms with van der Waals surface area (Å²) < 4.78 is 0. The van der Waals surface area contributed by atoms with Crippen LogP contribution in [0.3, 0.4) is 0 Å². The molecule has 0 spiro atoms. The van der Waals surface area contributed by atoms with Gasteiger partial charge in [0.1, 0.15) is 5.82 Å². The summed E-state index contributed by atoms with van der Waals surface area (Å²) in [6.07, 6.45) is 15.3. The number of rotatable bonds is 4. The van der Waals surface area contributed by atoms with Gasteiger partial charge >= 0.3 is 0 Å². The molecule has 3 aliphatic rings. The maximum Gasteiger partial charge on any atom is 0.224 e. The molecule has 27 heavy (non-hydrogen) atoms. The van der Waals surface area contributed by atoms with Crippen LogP contribution < -0.4 is 10.2 Å². The van der Waals surface area contributed by atoms with Crippen LogP contribution in [0.25, 0.3) is 0 Å². The monoisotopic (exact) mass is 371 g/mol. The van der Waals surface area contributed by atoms with Gasteiger partial charge in [-0.25, -0.2) is 4.98 Å². The van der Waals surface area contributed by atoms with Crippen LogP contribution in [0.5, 0.6) is 0 Å². The molecule has 5 nitrogen and oxygen atoms in total. The van der Waals surface area contributed by atoms with E-state index in [0.717, 1.165) is 43.4 Å². The zero-order chi connectivity index (χ0) is 18.5. The van der Waals surface area contributed by atoms with Crippen molar-refractivity contribution in [1.82, 2.24) is 14.9 Å². The van der Waals surface area contributed by atoms with Crippen molar-refractivity contribution in [1.29, 1.82) is 0 Å². The van der Waals surface area contributed by atoms with E-state index in [2.05, 4.69) is 33.1 Å². The first-order valence-corrected chi connectivity index (χ1v) is 11.4. The van der Waals surface area contributed by atoms with Crippen LogP contribution in [0.1, 0.15) is 71.1 Å². The molecule has 1 aromatic heterocycles. The molecule has 0 amide bonds. The SMILES string of the molecule is CC1CCCC1N1CCCCC(Nc2nccc(N3CCCCCC3)n2)C1. The van der Waals surface area contributed by atoms with Gasteiger partial charge in [-0.15, -0.1) is 0 Å². The zero-order valence-electron chi connectivity index (χ0n) is 17.1. The molecule has 1 saturated carbocycles. The van der Waals surface area contributed by atoms with E-state index < -0.39 is 0 Å². The highest BCUT2D eigenvalue weighted by molar-refractivity contribution is 5.43. The predicted octanol–water partition coefficient (Wildman–Crippen LogP) is 4.31. The first-order valence-electron chi connectivity index (χ1n) is 11.4. The van der Waals surface area contributed by atoms with Crippen molar-refractivity contribution < 1.29 is 0 Å². The third-order valence-corrected chi connectivity index (χ3v) is 6.89. The van der Waals surface area contributed by atoms with E-state index in [4.69, 9.17) is 4.98 Å². The molecule has 0 bridgehead atoms. The van der Waals surface area contributed by atoms with E-state index in [1.165, 1.54) is 70.8 Å². The van der Waals surface area contributed by atoms with Crippen LogP contribution in [0.15, 0.2) is 12.3 Å². The number of nitrogens with zero attached hydrogens (tertiary/aromatic N) is 4. The first-order chi connectivity index (χ1) is 13.3. The Balaban J connectivity index is 1.40. The number of likely N-dealkylation sites (tertiary alicyclic amines) is 1. The summed E-state index contributed by atoms with van der Waals surface area (Å²) in [6.45, 7) is 7.12. The Hall–Kier alpha value is -1.36. The summed E-state index contributed by atoms with van der Waals surface area (Å²) in [6, 6.07) is 3.34. The van der Waals surface area contributed by atoms with Gasteiger partial charge in [0.2, 0.25) is 5.95 Å². The Bertz CT molecular complexity index is 584. The lowest BCUT2D eigenvalue weighted by Gasteiger charge is -2.33. The van der Waals surface area contributed by atoms with Gasteiger partial charge in [0.15, 0.2) is 0 Å². The van der Waals surface area contributed by atoms with E-state index in [-0.39, 0.29) is 0 Å². The molecule has 3 heterocycles. The molecule has 1 N–H and O–H groups in total. The minimum absolute atomic E-state index is 0.472. The molecule has 5 heteroatoms. The smallest absolute Gasteiger partial charge is 0.224 e. The average Bonchev–Trinajstić information content (AvgIpc) is 2.89. The fraction of sp³-hybridized carbons (Fsp3) is 0.818. The van der Waals surface area contributed by atoms with Crippen molar-refractivity contribution in [2.75, 3.05) is 36.4 Å². The normalized spacial score (nSPS) is 30.7. The molecule has 150 valence electrons. The van der Waals surface area contributed by atoms with E-state index >= 15 is 0 Å². The average molecular weight is 372 g/mol. The fourth-order valence-electron chi connectivity index (χ4n) is 5.34. The topological polar surface area (TPSA) is 44.3 Å². The number of anilines is 2. The Labute approximate surface area is 164 Å². The highest BCUT2D eigenvalue weighted by atomic mass is 15.2. The zero-order valence-corrected chi connectivity index (χ0v) is 17.1. The van der Waals surface area contributed by atoms with E-state index in [9.17, 15) is 0 Å². The molecule has 1 aromatic rings. The van der Waals surface area contributed by atoms with Gasteiger partial charge in [-0.1, -0.05) is 32.6 Å². The molecule has 3 fully saturated rings. The van der Waals surface area contributed by atoms with Crippen LogP contribution in [0.4, 0.5) is 11.8 Å². The summed E-state index contributed by atoms with van der Waals surface area (Å²) in [5.74, 6) is 2.78. The molecule has 2 saturated heterocycles. The van der Waals surface area contributed by atoms with Crippen molar-refractivity contribution in [3.05, 3.63) is 12.3 Å². The maximum absolute atomic E-state index is 4.89. The van der Waals surface area contributed by atoms with Crippen LogP contribution >= 0.6 is 0 Å². The molecule has 2 aliphatic heterocycles. The lowest BCUT2D eigenvalue weighted by atomic mass is 10.0. The van der Waals surface area contributed by atoms with Crippen LogP contribution in [0.2, 0.25) is 0 Å². The summed E-state index contributed by atoms with van der Waals surface area (Å²) >= 11 is 0.